The van der Waals surface area contributed by atoms with Crippen LogP contribution in [0.5, 0.6) is 0 Å². The first-order valence-electron chi connectivity index (χ1n) is 3.35. The van der Waals surface area contributed by atoms with Gasteiger partial charge in [0.25, 0.3) is 0 Å². The largest absolute Gasteiger partial charge is 0.381 e. The number of methoxy groups -OCH3 is 1. The third-order valence-electron chi connectivity index (χ3n) is 1.98. The van der Waals surface area contributed by atoms with E-state index in [2.05, 4.69) is 6.92 Å². The van der Waals surface area contributed by atoms with Crippen molar-refractivity contribution in [1.82, 2.24) is 0 Å². The molecular formula is C7H14O. The van der Waals surface area contributed by atoms with Crippen LogP contribution < -0.4 is 0 Å². The van der Waals surface area contributed by atoms with Crippen molar-refractivity contribution < 1.29 is 4.74 Å². The predicted octanol–water partition coefficient (Wildman–Crippen LogP) is 1.82. The SMILES string of the molecule is CO[C@H]1CCC(C)C1. The molecule has 48 valence electrons. The van der Waals surface area contributed by atoms with Gasteiger partial charge in [0.15, 0.2) is 0 Å². The van der Waals surface area contributed by atoms with Gasteiger partial charge in [0.1, 0.15) is 0 Å². The lowest BCUT2D eigenvalue weighted by Gasteiger charge is -2.04. The highest BCUT2D eigenvalue weighted by molar-refractivity contribution is 4.71. The van der Waals surface area contributed by atoms with Crippen molar-refractivity contribution in [3.63, 3.8) is 0 Å². The van der Waals surface area contributed by atoms with Crippen molar-refractivity contribution in [1.29, 1.82) is 0 Å². The van der Waals surface area contributed by atoms with Gasteiger partial charge in [-0.25, -0.2) is 0 Å². The first kappa shape index (κ1) is 6.09. The maximum atomic E-state index is 5.18. The highest BCUT2D eigenvalue weighted by atomic mass is 16.5. The molecule has 1 rings (SSSR count). The number of hydrogen-bond acceptors (Lipinski definition) is 1. The molecule has 0 aliphatic heterocycles. The highest BCUT2D eigenvalue weighted by Gasteiger charge is 2.19. The minimum absolute atomic E-state index is 0.574. The Morgan fingerprint density at radius 3 is 2.38 bits per heavy atom. The normalized spacial score (nSPS) is 38.2. The van der Waals surface area contributed by atoms with Crippen LogP contribution in [0.2, 0.25) is 0 Å². The summed E-state index contributed by atoms with van der Waals surface area (Å²) in [5, 5.41) is 0. The third-order valence-corrected chi connectivity index (χ3v) is 1.98. The van der Waals surface area contributed by atoms with E-state index in [9.17, 15) is 0 Å². The van der Waals surface area contributed by atoms with Gasteiger partial charge in [0.2, 0.25) is 0 Å². The molecule has 1 heteroatoms. The molecule has 1 unspecified atom stereocenters. The second kappa shape index (κ2) is 2.49. The molecule has 1 fully saturated rings. The quantitative estimate of drug-likeness (QED) is 0.505. The molecule has 2 atom stereocenters. The average molecular weight is 114 g/mol. The summed E-state index contributed by atoms with van der Waals surface area (Å²) in [5.74, 6) is 0.903. The van der Waals surface area contributed by atoms with Crippen molar-refractivity contribution >= 4 is 0 Å². The maximum Gasteiger partial charge on any atom is 0.0574 e. The Morgan fingerprint density at radius 1 is 1.38 bits per heavy atom. The third kappa shape index (κ3) is 1.22. The summed E-state index contributed by atoms with van der Waals surface area (Å²) < 4.78 is 5.18. The van der Waals surface area contributed by atoms with E-state index in [0.29, 0.717) is 6.10 Å². The first-order chi connectivity index (χ1) is 3.83. The second-order valence-electron chi connectivity index (χ2n) is 2.78. The Hall–Kier alpha value is -0.0400. The van der Waals surface area contributed by atoms with Gasteiger partial charge in [0.05, 0.1) is 6.10 Å². The second-order valence-corrected chi connectivity index (χ2v) is 2.78. The van der Waals surface area contributed by atoms with E-state index in [1.165, 1.54) is 19.3 Å². The van der Waals surface area contributed by atoms with Crippen LogP contribution in [0.15, 0.2) is 0 Å². The zero-order valence-electron chi connectivity index (χ0n) is 5.68. The van der Waals surface area contributed by atoms with E-state index in [4.69, 9.17) is 4.74 Å². The average Bonchev–Trinajstić information content (AvgIpc) is 2.14. The van der Waals surface area contributed by atoms with Crippen molar-refractivity contribution in [3.8, 4) is 0 Å². The fourth-order valence-corrected chi connectivity index (χ4v) is 1.37. The molecule has 0 amide bonds. The molecule has 0 aromatic rings. The first-order valence-corrected chi connectivity index (χ1v) is 3.35. The van der Waals surface area contributed by atoms with Crippen LogP contribution in [0, 0.1) is 5.92 Å². The van der Waals surface area contributed by atoms with Crippen LogP contribution in [0.25, 0.3) is 0 Å². The molecule has 1 nitrogen and oxygen atoms in total. The van der Waals surface area contributed by atoms with E-state index < -0.39 is 0 Å². The maximum absolute atomic E-state index is 5.18. The van der Waals surface area contributed by atoms with E-state index in [1.807, 2.05) is 7.11 Å². The monoisotopic (exact) mass is 114 g/mol. The van der Waals surface area contributed by atoms with Crippen LogP contribution >= 0.6 is 0 Å². The lowest BCUT2D eigenvalue weighted by Crippen LogP contribution is -2.03. The number of rotatable bonds is 1. The van der Waals surface area contributed by atoms with E-state index in [0.717, 1.165) is 5.92 Å². The molecular weight excluding hydrogens is 100 g/mol. The van der Waals surface area contributed by atoms with Gasteiger partial charge in [-0.1, -0.05) is 6.92 Å². The van der Waals surface area contributed by atoms with E-state index >= 15 is 0 Å². The van der Waals surface area contributed by atoms with Gasteiger partial charge in [0, 0.05) is 7.11 Å². The van der Waals surface area contributed by atoms with Gasteiger partial charge in [-0.15, -0.1) is 0 Å². The molecule has 1 aliphatic carbocycles. The number of hydrogen-bond donors (Lipinski definition) is 0. The van der Waals surface area contributed by atoms with Crippen molar-refractivity contribution in [2.75, 3.05) is 7.11 Å². The topological polar surface area (TPSA) is 9.23 Å². The van der Waals surface area contributed by atoms with Gasteiger partial charge in [-0.3, -0.25) is 0 Å². The molecule has 8 heavy (non-hydrogen) atoms. The molecule has 0 N–H and O–H groups in total. The van der Waals surface area contributed by atoms with Gasteiger partial charge < -0.3 is 4.74 Å². The summed E-state index contributed by atoms with van der Waals surface area (Å²) >= 11 is 0. The van der Waals surface area contributed by atoms with Gasteiger partial charge >= 0.3 is 0 Å². The Kier molecular flexibility index (Phi) is 1.90. The zero-order chi connectivity index (χ0) is 5.98. The summed E-state index contributed by atoms with van der Waals surface area (Å²) in [6.07, 6.45) is 4.48. The van der Waals surface area contributed by atoms with E-state index in [1.54, 1.807) is 0 Å². The molecule has 0 aromatic carbocycles. The molecule has 0 heterocycles. The summed E-state index contributed by atoms with van der Waals surface area (Å²) in [5.41, 5.74) is 0. The Balaban J connectivity index is 2.22. The van der Waals surface area contributed by atoms with Crippen LogP contribution in [-0.2, 0) is 4.74 Å². The summed E-state index contributed by atoms with van der Waals surface area (Å²) in [6, 6.07) is 0. The van der Waals surface area contributed by atoms with Crippen LogP contribution in [0.4, 0.5) is 0 Å². The lowest BCUT2D eigenvalue weighted by molar-refractivity contribution is 0.106. The fourth-order valence-electron chi connectivity index (χ4n) is 1.37. The summed E-state index contributed by atoms with van der Waals surface area (Å²) in [7, 11) is 1.81. The van der Waals surface area contributed by atoms with Crippen molar-refractivity contribution in [3.05, 3.63) is 0 Å². The van der Waals surface area contributed by atoms with Crippen LogP contribution in [-0.4, -0.2) is 13.2 Å². The zero-order valence-corrected chi connectivity index (χ0v) is 5.68. The molecule has 1 aliphatic rings. The minimum Gasteiger partial charge on any atom is -0.381 e. The number of ether oxygens (including phenoxy) is 1. The van der Waals surface area contributed by atoms with Crippen molar-refractivity contribution in [2.45, 2.75) is 32.3 Å². The molecule has 0 aromatic heterocycles. The van der Waals surface area contributed by atoms with Crippen molar-refractivity contribution in [2.24, 2.45) is 5.92 Å². The summed E-state index contributed by atoms with van der Waals surface area (Å²) in [6.45, 7) is 2.29. The lowest BCUT2D eigenvalue weighted by atomic mass is 10.1. The predicted molar refractivity (Wildman–Crippen MR) is 33.8 cm³/mol. The molecule has 0 saturated heterocycles. The van der Waals surface area contributed by atoms with Crippen LogP contribution in [0.1, 0.15) is 26.2 Å². The summed E-state index contributed by atoms with van der Waals surface area (Å²) in [4.78, 5) is 0. The Bertz CT molecular complexity index is 70.8. The molecule has 0 spiro atoms. The molecule has 0 bridgehead atoms. The van der Waals surface area contributed by atoms with Gasteiger partial charge in [-0.2, -0.15) is 0 Å². The van der Waals surface area contributed by atoms with E-state index in [-0.39, 0.29) is 0 Å². The highest BCUT2D eigenvalue weighted by Crippen LogP contribution is 2.26. The van der Waals surface area contributed by atoms with Crippen LogP contribution in [0.3, 0.4) is 0 Å². The standard InChI is InChI=1S/C7H14O/c1-6-3-4-7(5-6)8-2/h6-7H,3-5H2,1-2H3/t6?,7-/m0/s1. The Morgan fingerprint density at radius 2 is 2.12 bits per heavy atom. The molecule has 0 radical (unpaired) electrons. The fraction of sp³-hybridized carbons (Fsp3) is 1.00. The molecule has 1 saturated carbocycles. The minimum atomic E-state index is 0.574. The van der Waals surface area contributed by atoms with Gasteiger partial charge in [-0.05, 0) is 25.2 Å². The smallest absolute Gasteiger partial charge is 0.0574 e. The Labute approximate surface area is 51.0 Å².